The third-order valence-electron chi connectivity index (χ3n) is 3.71. The van der Waals surface area contributed by atoms with Gasteiger partial charge in [0.15, 0.2) is 0 Å². The third kappa shape index (κ3) is 2.43. The van der Waals surface area contributed by atoms with E-state index in [1.807, 2.05) is 30.3 Å². The average Bonchev–Trinajstić information content (AvgIpc) is 3.16. The van der Waals surface area contributed by atoms with Gasteiger partial charge < -0.3 is 4.42 Å². The van der Waals surface area contributed by atoms with Crippen LogP contribution >= 0.6 is 15.9 Å². The Bertz CT molecular complexity index is 953. The minimum atomic E-state index is -0.595. The van der Waals surface area contributed by atoms with Crippen molar-refractivity contribution in [2.75, 3.05) is 4.90 Å². The molecule has 2 heterocycles. The maximum Gasteiger partial charge on any atom is 0.299 e. The van der Waals surface area contributed by atoms with Crippen molar-refractivity contribution < 1.29 is 14.0 Å². The molecule has 0 unspecified atom stereocenters. The number of aromatic nitrogens is 2. The molecule has 24 heavy (non-hydrogen) atoms. The molecule has 0 saturated carbocycles. The van der Waals surface area contributed by atoms with Crippen LogP contribution in [0.3, 0.4) is 0 Å². The number of benzene rings is 2. The van der Waals surface area contributed by atoms with Crippen molar-refractivity contribution in [1.29, 1.82) is 0 Å². The molecular weight excluding hydrogens is 374 g/mol. The van der Waals surface area contributed by atoms with Crippen LogP contribution < -0.4 is 4.90 Å². The van der Waals surface area contributed by atoms with E-state index >= 15 is 0 Å². The van der Waals surface area contributed by atoms with Crippen molar-refractivity contribution >= 4 is 33.3 Å². The Labute approximate surface area is 145 Å². The van der Waals surface area contributed by atoms with Crippen molar-refractivity contribution in [3.8, 4) is 11.5 Å². The van der Waals surface area contributed by atoms with E-state index in [4.69, 9.17) is 4.42 Å². The van der Waals surface area contributed by atoms with Crippen molar-refractivity contribution in [1.82, 2.24) is 10.2 Å². The number of anilines is 1. The molecule has 0 radical (unpaired) electrons. The van der Waals surface area contributed by atoms with Crippen LogP contribution in [0, 0.1) is 0 Å². The Balaban J connectivity index is 1.64. The molecule has 0 saturated heterocycles. The second-order valence-corrected chi connectivity index (χ2v) is 6.16. The summed E-state index contributed by atoms with van der Waals surface area (Å²) in [7, 11) is 0. The van der Waals surface area contributed by atoms with E-state index in [0.29, 0.717) is 17.1 Å². The molecule has 1 aliphatic heterocycles. The standard InChI is InChI=1S/C17H10BrN3O3/c18-11-6-7-13-12(8-11)15(22)17(23)21(13)9-14-19-20-16(24-14)10-4-2-1-3-5-10/h1-8H,9H2. The molecular formula is C17H10BrN3O3. The van der Waals surface area contributed by atoms with Crippen LogP contribution in [0.5, 0.6) is 0 Å². The Morgan fingerprint density at radius 3 is 2.62 bits per heavy atom. The number of ketones is 1. The second-order valence-electron chi connectivity index (χ2n) is 5.25. The van der Waals surface area contributed by atoms with E-state index in [0.717, 1.165) is 10.0 Å². The predicted molar refractivity (Wildman–Crippen MR) is 89.4 cm³/mol. The number of nitrogens with zero attached hydrogens (tertiary/aromatic N) is 3. The summed E-state index contributed by atoms with van der Waals surface area (Å²) in [5.41, 5.74) is 1.72. The lowest BCUT2D eigenvalue weighted by Gasteiger charge is -2.13. The lowest BCUT2D eigenvalue weighted by molar-refractivity contribution is -0.114. The van der Waals surface area contributed by atoms with Gasteiger partial charge in [-0.3, -0.25) is 14.5 Å². The van der Waals surface area contributed by atoms with Crippen molar-refractivity contribution in [2.45, 2.75) is 6.54 Å². The average molecular weight is 384 g/mol. The number of carbonyl (C=O) groups is 2. The summed E-state index contributed by atoms with van der Waals surface area (Å²) in [5.74, 6) is -0.484. The lowest BCUT2D eigenvalue weighted by Crippen LogP contribution is -2.29. The van der Waals surface area contributed by atoms with Crippen LogP contribution in [0.25, 0.3) is 11.5 Å². The Kier molecular flexibility index (Phi) is 3.50. The topological polar surface area (TPSA) is 76.3 Å². The molecule has 7 heteroatoms. The highest BCUT2D eigenvalue weighted by atomic mass is 79.9. The van der Waals surface area contributed by atoms with Gasteiger partial charge in [0, 0.05) is 10.0 Å². The number of halogens is 1. The number of hydrogen-bond acceptors (Lipinski definition) is 5. The summed E-state index contributed by atoms with van der Waals surface area (Å²) in [5, 5.41) is 7.97. The van der Waals surface area contributed by atoms with E-state index in [-0.39, 0.29) is 12.4 Å². The molecule has 1 aromatic heterocycles. The van der Waals surface area contributed by atoms with Gasteiger partial charge in [-0.25, -0.2) is 0 Å². The summed E-state index contributed by atoms with van der Waals surface area (Å²) in [6.45, 7) is 0.0546. The van der Waals surface area contributed by atoms with Crippen LogP contribution in [0.1, 0.15) is 16.2 Å². The van der Waals surface area contributed by atoms with Gasteiger partial charge in [0.05, 0.1) is 11.3 Å². The van der Waals surface area contributed by atoms with E-state index in [1.165, 1.54) is 4.90 Å². The number of amides is 1. The summed E-state index contributed by atoms with van der Waals surface area (Å²) in [6.07, 6.45) is 0. The monoisotopic (exact) mass is 383 g/mol. The van der Waals surface area contributed by atoms with Gasteiger partial charge in [0.25, 0.3) is 11.7 Å². The zero-order valence-electron chi connectivity index (χ0n) is 12.3. The zero-order valence-corrected chi connectivity index (χ0v) is 13.9. The first-order valence-electron chi connectivity index (χ1n) is 7.17. The predicted octanol–water partition coefficient (Wildman–Crippen LogP) is 3.23. The van der Waals surface area contributed by atoms with Crippen molar-refractivity contribution in [3.05, 3.63) is 64.5 Å². The van der Waals surface area contributed by atoms with Gasteiger partial charge in [0.2, 0.25) is 11.8 Å². The molecule has 0 N–H and O–H groups in total. The lowest BCUT2D eigenvalue weighted by atomic mass is 10.1. The SMILES string of the molecule is O=C1C(=O)N(Cc2nnc(-c3ccccc3)o2)c2ccc(Br)cc21. The number of fused-ring (bicyclic) bond motifs is 1. The van der Waals surface area contributed by atoms with Gasteiger partial charge >= 0.3 is 0 Å². The minimum Gasteiger partial charge on any atom is -0.419 e. The molecule has 0 atom stereocenters. The number of hydrogen-bond donors (Lipinski definition) is 0. The largest absolute Gasteiger partial charge is 0.419 e. The summed E-state index contributed by atoms with van der Waals surface area (Å²) in [6, 6.07) is 14.5. The van der Waals surface area contributed by atoms with Crippen LogP contribution in [0.2, 0.25) is 0 Å². The van der Waals surface area contributed by atoms with Crippen LogP contribution in [0.15, 0.2) is 57.4 Å². The molecule has 6 nitrogen and oxygen atoms in total. The Morgan fingerprint density at radius 1 is 1.04 bits per heavy atom. The van der Waals surface area contributed by atoms with Gasteiger partial charge in [0.1, 0.15) is 6.54 Å². The van der Waals surface area contributed by atoms with E-state index < -0.39 is 11.7 Å². The number of rotatable bonds is 3. The van der Waals surface area contributed by atoms with Gasteiger partial charge in [-0.1, -0.05) is 34.1 Å². The first-order valence-corrected chi connectivity index (χ1v) is 7.96. The molecule has 0 aliphatic carbocycles. The first-order chi connectivity index (χ1) is 11.6. The Morgan fingerprint density at radius 2 is 1.83 bits per heavy atom. The summed E-state index contributed by atoms with van der Waals surface area (Å²) in [4.78, 5) is 25.7. The van der Waals surface area contributed by atoms with Crippen LogP contribution in [-0.2, 0) is 11.3 Å². The maximum atomic E-state index is 12.2. The molecule has 1 aliphatic rings. The molecule has 0 spiro atoms. The van der Waals surface area contributed by atoms with E-state index in [2.05, 4.69) is 26.1 Å². The van der Waals surface area contributed by atoms with E-state index in [1.54, 1.807) is 18.2 Å². The van der Waals surface area contributed by atoms with Crippen LogP contribution in [0.4, 0.5) is 5.69 Å². The minimum absolute atomic E-state index is 0.0546. The first kappa shape index (κ1) is 14.8. The molecule has 118 valence electrons. The normalized spacial score (nSPS) is 13.5. The molecule has 4 rings (SSSR count). The van der Waals surface area contributed by atoms with Gasteiger partial charge in [-0.05, 0) is 30.3 Å². The fraction of sp³-hybridized carbons (Fsp3) is 0.0588. The van der Waals surface area contributed by atoms with Crippen molar-refractivity contribution in [2.24, 2.45) is 0 Å². The number of Topliss-reactive ketones (excluding diaryl/α,β-unsaturated/α-hetero) is 1. The smallest absolute Gasteiger partial charge is 0.299 e. The fourth-order valence-electron chi connectivity index (χ4n) is 2.58. The molecule has 3 aromatic rings. The van der Waals surface area contributed by atoms with Gasteiger partial charge in [-0.15, -0.1) is 10.2 Å². The fourth-order valence-corrected chi connectivity index (χ4v) is 2.94. The number of carbonyl (C=O) groups excluding carboxylic acids is 2. The van der Waals surface area contributed by atoms with E-state index in [9.17, 15) is 9.59 Å². The molecule has 2 aromatic carbocycles. The van der Waals surface area contributed by atoms with Crippen LogP contribution in [-0.4, -0.2) is 21.9 Å². The highest BCUT2D eigenvalue weighted by Gasteiger charge is 2.36. The highest BCUT2D eigenvalue weighted by Crippen LogP contribution is 2.32. The quantitative estimate of drug-likeness (QED) is 0.648. The Hall–Kier alpha value is -2.80. The molecule has 1 amide bonds. The van der Waals surface area contributed by atoms with Gasteiger partial charge in [-0.2, -0.15) is 0 Å². The zero-order chi connectivity index (χ0) is 16.7. The molecule has 0 bridgehead atoms. The summed E-state index contributed by atoms with van der Waals surface area (Å²) >= 11 is 3.31. The second kappa shape index (κ2) is 5.68. The molecule has 0 fully saturated rings. The maximum absolute atomic E-state index is 12.2. The van der Waals surface area contributed by atoms with Crippen molar-refractivity contribution in [3.63, 3.8) is 0 Å². The third-order valence-corrected chi connectivity index (χ3v) is 4.21. The highest BCUT2D eigenvalue weighted by molar-refractivity contribution is 9.10. The summed E-state index contributed by atoms with van der Waals surface area (Å²) < 4.78 is 6.36.